The summed E-state index contributed by atoms with van der Waals surface area (Å²) in [5, 5.41) is 2.84. The number of nitrogen functional groups attached to an aromatic ring is 1. The van der Waals surface area contributed by atoms with Crippen LogP contribution < -0.4 is 11.1 Å². The van der Waals surface area contributed by atoms with E-state index in [2.05, 4.69) is 5.32 Å². The Morgan fingerprint density at radius 3 is 2.32 bits per heavy atom. The van der Waals surface area contributed by atoms with E-state index >= 15 is 0 Å². The number of carbonyl (C=O) groups excluding carboxylic acids is 1. The number of nitrogens with two attached hydrogens (primary N) is 1. The molecule has 0 aliphatic carbocycles. The largest absolute Gasteiger partial charge is 0.397 e. The van der Waals surface area contributed by atoms with E-state index in [1.807, 2.05) is 56.3 Å². The lowest BCUT2D eigenvalue weighted by atomic mass is 10.1. The third-order valence-corrected chi connectivity index (χ3v) is 2.97. The Bertz CT molecular complexity index is 588. The third-order valence-electron chi connectivity index (χ3n) is 2.97. The quantitative estimate of drug-likeness (QED) is 0.827. The minimum atomic E-state index is -0.0561. The van der Waals surface area contributed by atoms with Gasteiger partial charge in [-0.25, -0.2) is 0 Å². The van der Waals surface area contributed by atoms with E-state index in [0.717, 1.165) is 11.1 Å². The van der Waals surface area contributed by atoms with Crippen molar-refractivity contribution in [3.63, 3.8) is 0 Å². The van der Waals surface area contributed by atoms with Gasteiger partial charge in [-0.3, -0.25) is 4.79 Å². The predicted molar refractivity (Wildman–Crippen MR) is 79.1 cm³/mol. The van der Waals surface area contributed by atoms with Crippen molar-refractivity contribution in [2.24, 2.45) is 0 Å². The molecule has 0 atom stereocenters. The lowest BCUT2D eigenvalue weighted by molar-refractivity contribution is -0.115. The summed E-state index contributed by atoms with van der Waals surface area (Å²) in [6.07, 6.45) is 0.355. The van der Waals surface area contributed by atoms with Crippen molar-refractivity contribution < 1.29 is 4.79 Å². The van der Waals surface area contributed by atoms with E-state index in [-0.39, 0.29) is 5.91 Å². The molecule has 98 valence electrons. The number of aryl methyl sites for hydroxylation is 2. The number of hydrogen-bond acceptors (Lipinski definition) is 2. The topological polar surface area (TPSA) is 55.1 Å². The fraction of sp³-hybridized carbons (Fsp3) is 0.188. The number of anilines is 2. The predicted octanol–water partition coefficient (Wildman–Crippen LogP) is 3.07. The van der Waals surface area contributed by atoms with Crippen molar-refractivity contribution in [2.75, 3.05) is 11.1 Å². The zero-order valence-electron chi connectivity index (χ0n) is 11.2. The molecule has 0 saturated carbocycles. The number of benzene rings is 2. The van der Waals surface area contributed by atoms with Gasteiger partial charge in [0.15, 0.2) is 0 Å². The number of amides is 1. The van der Waals surface area contributed by atoms with Crippen LogP contribution in [0.25, 0.3) is 0 Å². The first kappa shape index (κ1) is 13.1. The number of rotatable bonds is 3. The molecule has 0 heterocycles. The van der Waals surface area contributed by atoms with Crippen LogP contribution in [0.4, 0.5) is 11.4 Å². The van der Waals surface area contributed by atoms with Crippen molar-refractivity contribution in [1.29, 1.82) is 0 Å². The Kier molecular flexibility index (Phi) is 3.85. The van der Waals surface area contributed by atoms with Gasteiger partial charge in [-0.05, 0) is 37.1 Å². The van der Waals surface area contributed by atoms with E-state index in [1.54, 1.807) is 0 Å². The molecule has 0 saturated heterocycles. The molecule has 2 aromatic carbocycles. The molecule has 0 fully saturated rings. The summed E-state index contributed by atoms with van der Waals surface area (Å²) in [6.45, 7) is 3.99. The highest BCUT2D eigenvalue weighted by molar-refractivity contribution is 5.95. The Morgan fingerprint density at radius 1 is 1.05 bits per heavy atom. The van der Waals surface area contributed by atoms with Gasteiger partial charge < -0.3 is 11.1 Å². The molecule has 0 radical (unpaired) electrons. The van der Waals surface area contributed by atoms with E-state index in [4.69, 9.17) is 5.73 Å². The maximum absolute atomic E-state index is 11.9. The first-order valence-corrected chi connectivity index (χ1v) is 6.26. The molecule has 3 nitrogen and oxygen atoms in total. The van der Waals surface area contributed by atoms with E-state index in [1.165, 1.54) is 5.56 Å². The number of nitrogens with one attached hydrogen (secondary N) is 1. The van der Waals surface area contributed by atoms with Crippen LogP contribution in [0.15, 0.2) is 42.5 Å². The highest BCUT2D eigenvalue weighted by atomic mass is 16.1. The van der Waals surface area contributed by atoms with E-state index in [0.29, 0.717) is 17.8 Å². The van der Waals surface area contributed by atoms with E-state index < -0.39 is 0 Å². The van der Waals surface area contributed by atoms with Crippen LogP contribution in [-0.4, -0.2) is 5.91 Å². The van der Waals surface area contributed by atoms with Gasteiger partial charge >= 0.3 is 0 Å². The van der Waals surface area contributed by atoms with Crippen molar-refractivity contribution in [2.45, 2.75) is 20.3 Å². The number of hydrogen-bond donors (Lipinski definition) is 2. The zero-order valence-corrected chi connectivity index (χ0v) is 11.2. The molecule has 19 heavy (non-hydrogen) atoms. The molecule has 3 heteroatoms. The highest BCUT2D eigenvalue weighted by Gasteiger charge is 2.06. The number of carbonyl (C=O) groups is 1. The van der Waals surface area contributed by atoms with Crippen LogP contribution >= 0.6 is 0 Å². The Morgan fingerprint density at radius 2 is 1.68 bits per heavy atom. The molecule has 1 amide bonds. The summed E-state index contributed by atoms with van der Waals surface area (Å²) in [6, 6.07) is 13.5. The second-order valence-electron chi connectivity index (χ2n) is 4.80. The zero-order chi connectivity index (χ0) is 13.8. The molecule has 0 aliphatic rings. The molecule has 0 aliphatic heterocycles. The minimum Gasteiger partial charge on any atom is -0.397 e. The minimum absolute atomic E-state index is 0.0561. The van der Waals surface area contributed by atoms with Crippen LogP contribution in [0.3, 0.4) is 0 Å². The standard InChI is InChI=1S/C16H18N2O/c1-11-3-6-13(7-4-11)10-16(19)18-15-8-5-12(2)9-14(15)17/h3-9H,10,17H2,1-2H3,(H,18,19). The monoisotopic (exact) mass is 254 g/mol. The Balaban J connectivity index is 2.03. The maximum atomic E-state index is 11.9. The van der Waals surface area contributed by atoms with Gasteiger partial charge in [0.1, 0.15) is 0 Å². The van der Waals surface area contributed by atoms with Crippen LogP contribution in [0.1, 0.15) is 16.7 Å². The Labute approximate surface area is 113 Å². The van der Waals surface area contributed by atoms with E-state index in [9.17, 15) is 4.79 Å². The van der Waals surface area contributed by atoms with Crippen LogP contribution in [0, 0.1) is 13.8 Å². The van der Waals surface area contributed by atoms with Crippen LogP contribution in [-0.2, 0) is 11.2 Å². The molecule has 3 N–H and O–H groups in total. The highest BCUT2D eigenvalue weighted by Crippen LogP contribution is 2.19. The maximum Gasteiger partial charge on any atom is 0.228 e. The average molecular weight is 254 g/mol. The fourth-order valence-corrected chi connectivity index (χ4v) is 1.88. The summed E-state index contributed by atoms with van der Waals surface area (Å²) < 4.78 is 0. The summed E-state index contributed by atoms with van der Waals surface area (Å²) in [5.41, 5.74) is 10.4. The summed E-state index contributed by atoms with van der Waals surface area (Å²) in [4.78, 5) is 11.9. The van der Waals surface area contributed by atoms with Gasteiger partial charge in [0.2, 0.25) is 5.91 Å². The smallest absolute Gasteiger partial charge is 0.228 e. The molecular formula is C16H18N2O. The molecule has 2 rings (SSSR count). The van der Waals surface area contributed by atoms with Gasteiger partial charge in [0.25, 0.3) is 0 Å². The average Bonchev–Trinajstić information content (AvgIpc) is 2.36. The molecule has 2 aromatic rings. The van der Waals surface area contributed by atoms with Gasteiger partial charge in [0.05, 0.1) is 17.8 Å². The molecule has 0 aromatic heterocycles. The fourth-order valence-electron chi connectivity index (χ4n) is 1.88. The first-order valence-electron chi connectivity index (χ1n) is 6.26. The summed E-state index contributed by atoms with van der Waals surface area (Å²) >= 11 is 0. The lowest BCUT2D eigenvalue weighted by Crippen LogP contribution is -2.15. The van der Waals surface area contributed by atoms with Crippen molar-refractivity contribution in [3.8, 4) is 0 Å². The van der Waals surface area contributed by atoms with Crippen molar-refractivity contribution in [3.05, 3.63) is 59.2 Å². The summed E-state index contributed by atoms with van der Waals surface area (Å²) in [7, 11) is 0. The molecule has 0 bridgehead atoms. The van der Waals surface area contributed by atoms with Gasteiger partial charge in [-0.2, -0.15) is 0 Å². The van der Waals surface area contributed by atoms with Crippen LogP contribution in [0.2, 0.25) is 0 Å². The first-order chi connectivity index (χ1) is 9.04. The van der Waals surface area contributed by atoms with Crippen molar-refractivity contribution in [1.82, 2.24) is 0 Å². The second kappa shape index (κ2) is 5.57. The normalized spacial score (nSPS) is 10.2. The summed E-state index contributed by atoms with van der Waals surface area (Å²) in [5.74, 6) is -0.0561. The third kappa shape index (κ3) is 3.58. The molecular weight excluding hydrogens is 236 g/mol. The second-order valence-corrected chi connectivity index (χ2v) is 4.80. The van der Waals surface area contributed by atoms with Crippen LogP contribution in [0.5, 0.6) is 0 Å². The lowest BCUT2D eigenvalue weighted by Gasteiger charge is -2.09. The SMILES string of the molecule is Cc1ccc(CC(=O)Nc2ccc(C)cc2N)cc1. The van der Waals surface area contributed by atoms with Gasteiger partial charge in [-0.15, -0.1) is 0 Å². The molecule has 0 unspecified atom stereocenters. The Hall–Kier alpha value is -2.29. The molecule has 0 spiro atoms. The van der Waals surface area contributed by atoms with Gasteiger partial charge in [0, 0.05) is 0 Å². The van der Waals surface area contributed by atoms with Crippen molar-refractivity contribution >= 4 is 17.3 Å². The van der Waals surface area contributed by atoms with Gasteiger partial charge in [-0.1, -0.05) is 35.9 Å².